The highest BCUT2D eigenvalue weighted by Gasteiger charge is 2.35. The standard InChI is InChI=1S/C26H32ClFN4O3S2/c1-4-30(5-2)16-17-32(26-29-23-18(3)6-11-22(27)24(23)36-26)25(33)19-12-14-31(15-13-19)37(34,35)21-9-7-20(28)8-10-21/h6-11,19H,4-5,12-17H2,1-3H3. The quantitative estimate of drug-likeness (QED) is 0.357. The maximum absolute atomic E-state index is 13.8. The fourth-order valence-electron chi connectivity index (χ4n) is 4.61. The second-order valence-electron chi connectivity index (χ2n) is 9.19. The lowest BCUT2D eigenvalue weighted by atomic mass is 9.96. The van der Waals surface area contributed by atoms with Crippen LogP contribution < -0.4 is 4.90 Å². The summed E-state index contributed by atoms with van der Waals surface area (Å²) in [6.07, 6.45) is 0.817. The highest BCUT2D eigenvalue weighted by atomic mass is 35.5. The van der Waals surface area contributed by atoms with Crippen LogP contribution >= 0.6 is 22.9 Å². The molecule has 0 atom stereocenters. The van der Waals surface area contributed by atoms with E-state index in [1.807, 2.05) is 19.1 Å². The van der Waals surface area contributed by atoms with E-state index < -0.39 is 15.8 Å². The molecule has 0 saturated carbocycles. The van der Waals surface area contributed by atoms with Crippen molar-refractivity contribution in [3.63, 3.8) is 0 Å². The summed E-state index contributed by atoms with van der Waals surface area (Å²) in [5, 5.41) is 1.23. The Kier molecular flexibility index (Phi) is 8.85. The van der Waals surface area contributed by atoms with Gasteiger partial charge in [-0.2, -0.15) is 4.31 Å². The first-order valence-electron chi connectivity index (χ1n) is 12.5. The van der Waals surface area contributed by atoms with Gasteiger partial charge in [-0.15, -0.1) is 0 Å². The second-order valence-corrected chi connectivity index (χ2v) is 12.5. The minimum Gasteiger partial charge on any atom is -0.302 e. The molecule has 1 amide bonds. The Morgan fingerprint density at radius 3 is 2.35 bits per heavy atom. The van der Waals surface area contributed by atoms with Gasteiger partial charge in [-0.25, -0.2) is 17.8 Å². The minimum atomic E-state index is -3.75. The largest absolute Gasteiger partial charge is 0.302 e. The van der Waals surface area contributed by atoms with Gasteiger partial charge in [-0.3, -0.25) is 9.69 Å². The van der Waals surface area contributed by atoms with Crippen molar-refractivity contribution >= 4 is 54.2 Å². The number of thiazole rings is 1. The summed E-state index contributed by atoms with van der Waals surface area (Å²) < 4.78 is 41.6. The molecule has 0 N–H and O–H groups in total. The number of likely N-dealkylation sites (N-methyl/N-ethyl adjacent to an activating group) is 1. The lowest BCUT2D eigenvalue weighted by Gasteiger charge is -2.33. The first kappa shape index (κ1) is 27.9. The number of anilines is 1. The summed E-state index contributed by atoms with van der Waals surface area (Å²) in [6, 6.07) is 8.61. The fraction of sp³-hybridized carbons (Fsp3) is 0.462. The van der Waals surface area contributed by atoms with Crippen LogP contribution in [0.25, 0.3) is 10.2 Å². The van der Waals surface area contributed by atoms with Crippen LogP contribution in [0, 0.1) is 18.7 Å². The highest BCUT2D eigenvalue weighted by Crippen LogP contribution is 2.37. The lowest BCUT2D eigenvalue weighted by Crippen LogP contribution is -2.46. The third kappa shape index (κ3) is 5.98. The van der Waals surface area contributed by atoms with Crippen molar-refractivity contribution in [3.8, 4) is 0 Å². The van der Waals surface area contributed by atoms with E-state index >= 15 is 0 Å². The third-order valence-corrected chi connectivity index (χ3v) is 10.4. The molecular weight excluding hydrogens is 535 g/mol. The van der Waals surface area contributed by atoms with Crippen LogP contribution in [0.4, 0.5) is 9.52 Å². The van der Waals surface area contributed by atoms with Crippen LogP contribution in [0.3, 0.4) is 0 Å². The van der Waals surface area contributed by atoms with E-state index in [9.17, 15) is 17.6 Å². The van der Waals surface area contributed by atoms with Gasteiger partial charge < -0.3 is 4.90 Å². The smallest absolute Gasteiger partial charge is 0.243 e. The number of aryl methyl sites for hydroxylation is 1. The molecule has 0 spiro atoms. The Hall–Kier alpha value is -2.11. The van der Waals surface area contributed by atoms with E-state index in [0.717, 1.165) is 41.0 Å². The number of piperidine rings is 1. The van der Waals surface area contributed by atoms with Gasteiger partial charge in [-0.1, -0.05) is 42.9 Å². The Balaban J connectivity index is 1.54. The van der Waals surface area contributed by atoms with Gasteiger partial charge in [0.05, 0.1) is 20.1 Å². The van der Waals surface area contributed by atoms with E-state index in [0.29, 0.717) is 36.1 Å². The predicted molar refractivity (Wildman–Crippen MR) is 147 cm³/mol. The number of rotatable bonds is 9. The second kappa shape index (κ2) is 11.7. The van der Waals surface area contributed by atoms with Crippen molar-refractivity contribution < 1.29 is 17.6 Å². The molecule has 7 nitrogen and oxygen atoms in total. The number of hydrogen-bond acceptors (Lipinski definition) is 6. The summed E-state index contributed by atoms with van der Waals surface area (Å²) in [5.74, 6) is -0.849. The molecule has 37 heavy (non-hydrogen) atoms. The normalized spacial score (nSPS) is 15.5. The van der Waals surface area contributed by atoms with E-state index in [1.165, 1.54) is 27.8 Å². The molecule has 1 fully saturated rings. The van der Waals surface area contributed by atoms with Gasteiger partial charge in [0, 0.05) is 32.1 Å². The number of carbonyl (C=O) groups excluding carboxylic acids is 1. The highest BCUT2D eigenvalue weighted by molar-refractivity contribution is 7.89. The lowest BCUT2D eigenvalue weighted by molar-refractivity contribution is -0.123. The van der Waals surface area contributed by atoms with Crippen molar-refractivity contribution in [1.82, 2.24) is 14.2 Å². The average Bonchev–Trinajstić information content (AvgIpc) is 3.35. The van der Waals surface area contributed by atoms with Crippen LogP contribution in [0.2, 0.25) is 5.02 Å². The molecular formula is C26H32ClFN4O3S2. The van der Waals surface area contributed by atoms with Crippen molar-refractivity contribution in [2.45, 2.75) is 38.5 Å². The molecule has 11 heteroatoms. The molecule has 1 aromatic heterocycles. The molecule has 2 heterocycles. The number of hydrogen-bond donors (Lipinski definition) is 0. The Labute approximate surface area is 226 Å². The Bertz CT molecular complexity index is 1310. The van der Waals surface area contributed by atoms with Crippen LogP contribution in [0.5, 0.6) is 0 Å². The monoisotopic (exact) mass is 566 g/mol. The summed E-state index contributed by atoms with van der Waals surface area (Å²) in [4.78, 5) is 22.7. The molecule has 0 aliphatic carbocycles. The summed E-state index contributed by atoms with van der Waals surface area (Å²) in [7, 11) is -3.75. The van der Waals surface area contributed by atoms with Crippen LogP contribution in [0.15, 0.2) is 41.3 Å². The van der Waals surface area contributed by atoms with Crippen LogP contribution in [-0.2, 0) is 14.8 Å². The first-order valence-corrected chi connectivity index (χ1v) is 15.1. The number of carbonyl (C=O) groups is 1. The minimum absolute atomic E-state index is 0.0428. The fourth-order valence-corrected chi connectivity index (χ4v) is 7.42. The number of fused-ring (bicyclic) bond motifs is 1. The maximum Gasteiger partial charge on any atom is 0.243 e. The van der Waals surface area contributed by atoms with Crippen molar-refractivity contribution in [2.75, 3.05) is 44.2 Å². The predicted octanol–water partition coefficient (Wildman–Crippen LogP) is 5.17. The van der Waals surface area contributed by atoms with Gasteiger partial charge in [0.15, 0.2) is 5.13 Å². The molecule has 4 rings (SSSR count). The van der Waals surface area contributed by atoms with Crippen LogP contribution in [-0.4, -0.2) is 67.8 Å². The van der Waals surface area contributed by atoms with Crippen LogP contribution in [0.1, 0.15) is 32.3 Å². The van der Waals surface area contributed by atoms with Gasteiger partial charge in [-0.05, 0) is 68.8 Å². The Morgan fingerprint density at radius 1 is 1.11 bits per heavy atom. The van der Waals surface area contributed by atoms with Crippen molar-refractivity contribution in [3.05, 3.63) is 52.8 Å². The zero-order valence-electron chi connectivity index (χ0n) is 21.3. The SMILES string of the molecule is CCN(CC)CCN(C(=O)C1CCN(S(=O)(=O)c2ccc(F)cc2)CC1)c1nc2c(C)ccc(Cl)c2s1. The molecule has 200 valence electrons. The first-order chi connectivity index (χ1) is 17.6. The van der Waals surface area contributed by atoms with Gasteiger partial charge in [0.2, 0.25) is 15.9 Å². The number of sulfonamides is 1. The number of benzene rings is 2. The third-order valence-electron chi connectivity index (χ3n) is 6.97. The summed E-state index contributed by atoms with van der Waals surface area (Å²) in [6.45, 7) is 9.56. The zero-order valence-corrected chi connectivity index (χ0v) is 23.7. The summed E-state index contributed by atoms with van der Waals surface area (Å²) in [5.41, 5.74) is 1.80. The topological polar surface area (TPSA) is 73.8 Å². The van der Waals surface area contributed by atoms with E-state index in [1.54, 1.807) is 4.90 Å². The molecule has 1 aliphatic rings. The Morgan fingerprint density at radius 2 is 1.76 bits per heavy atom. The summed E-state index contributed by atoms with van der Waals surface area (Å²) >= 11 is 7.86. The molecule has 1 saturated heterocycles. The molecule has 1 aliphatic heterocycles. The molecule has 0 radical (unpaired) electrons. The van der Waals surface area contributed by atoms with Gasteiger partial charge in [0.25, 0.3) is 0 Å². The maximum atomic E-state index is 13.8. The zero-order chi connectivity index (χ0) is 26.7. The molecule has 0 unspecified atom stereocenters. The average molecular weight is 567 g/mol. The van der Waals surface area contributed by atoms with E-state index in [-0.39, 0.29) is 29.8 Å². The number of amides is 1. The van der Waals surface area contributed by atoms with Gasteiger partial charge in [0.1, 0.15) is 5.82 Å². The van der Waals surface area contributed by atoms with E-state index in [4.69, 9.17) is 16.6 Å². The van der Waals surface area contributed by atoms with Crippen molar-refractivity contribution in [1.29, 1.82) is 0 Å². The van der Waals surface area contributed by atoms with E-state index in [2.05, 4.69) is 18.7 Å². The number of nitrogens with zero attached hydrogens (tertiary/aromatic N) is 4. The van der Waals surface area contributed by atoms with Crippen molar-refractivity contribution in [2.24, 2.45) is 5.92 Å². The van der Waals surface area contributed by atoms with Gasteiger partial charge >= 0.3 is 0 Å². The number of halogens is 2. The molecule has 0 bridgehead atoms. The number of aromatic nitrogens is 1. The molecule has 3 aromatic rings. The molecule has 2 aromatic carbocycles.